The van der Waals surface area contributed by atoms with Gasteiger partial charge in [0.25, 0.3) is 0 Å². The number of oxime groups is 1. The average molecular weight is 197 g/mol. The minimum atomic E-state index is 0.0325. The zero-order valence-corrected chi connectivity index (χ0v) is 8.56. The summed E-state index contributed by atoms with van der Waals surface area (Å²) in [5.74, 6) is 0.523. The number of rotatable bonds is 2. The number of hydrogen-bond donors (Lipinski definition) is 2. The van der Waals surface area contributed by atoms with Crippen molar-refractivity contribution in [2.75, 3.05) is 7.11 Å². The molecule has 14 heavy (non-hydrogen) atoms. The third-order valence-electron chi connectivity index (χ3n) is 1.35. The van der Waals surface area contributed by atoms with Gasteiger partial charge in [-0.15, -0.1) is 0 Å². The van der Waals surface area contributed by atoms with Gasteiger partial charge in [0.05, 0.1) is 7.11 Å². The molecule has 1 rings (SSSR count). The van der Waals surface area contributed by atoms with Crippen LogP contribution >= 0.6 is 0 Å². The van der Waals surface area contributed by atoms with E-state index in [9.17, 15) is 0 Å². The molecule has 1 aromatic heterocycles. The first-order valence-corrected chi connectivity index (χ1v) is 4.26. The Kier molecular flexibility index (Phi) is 5.85. The van der Waals surface area contributed by atoms with E-state index < -0.39 is 0 Å². The molecule has 0 aliphatic rings. The highest BCUT2D eigenvalue weighted by Gasteiger charge is 1.98. The van der Waals surface area contributed by atoms with Gasteiger partial charge in [0.2, 0.25) is 5.88 Å². The monoisotopic (exact) mass is 197 g/mol. The van der Waals surface area contributed by atoms with Crippen LogP contribution in [-0.2, 0) is 0 Å². The molecule has 3 N–H and O–H groups in total. The van der Waals surface area contributed by atoms with E-state index in [-0.39, 0.29) is 5.84 Å². The summed E-state index contributed by atoms with van der Waals surface area (Å²) in [5, 5.41) is 11.1. The van der Waals surface area contributed by atoms with Gasteiger partial charge in [0.1, 0.15) is 0 Å². The van der Waals surface area contributed by atoms with E-state index in [2.05, 4.69) is 10.1 Å². The van der Waals surface area contributed by atoms with Gasteiger partial charge in [-0.2, -0.15) is 0 Å². The maximum Gasteiger partial charge on any atom is 0.212 e. The molecule has 0 aliphatic heterocycles. The van der Waals surface area contributed by atoms with Gasteiger partial charge in [-0.05, 0) is 6.07 Å². The lowest BCUT2D eigenvalue weighted by Crippen LogP contribution is -2.13. The van der Waals surface area contributed by atoms with E-state index in [1.54, 1.807) is 12.1 Å². The van der Waals surface area contributed by atoms with E-state index >= 15 is 0 Å². The van der Waals surface area contributed by atoms with Gasteiger partial charge in [0.15, 0.2) is 5.84 Å². The number of amidine groups is 1. The number of aromatic nitrogens is 1. The molecular weight excluding hydrogens is 182 g/mol. The first kappa shape index (κ1) is 12.2. The van der Waals surface area contributed by atoms with E-state index in [0.717, 1.165) is 0 Å². The Morgan fingerprint density at radius 1 is 1.50 bits per heavy atom. The lowest BCUT2D eigenvalue weighted by Gasteiger charge is -1.99. The fourth-order valence-electron chi connectivity index (χ4n) is 0.710. The quantitative estimate of drug-likeness (QED) is 0.323. The number of hydrogen-bond acceptors (Lipinski definition) is 4. The number of nitrogens with two attached hydrogens (primary N) is 1. The van der Waals surface area contributed by atoms with Crippen molar-refractivity contribution in [2.24, 2.45) is 10.9 Å². The third kappa shape index (κ3) is 3.30. The molecule has 0 atom stereocenters. The van der Waals surface area contributed by atoms with Crippen molar-refractivity contribution in [3.8, 4) is 5.88 Å². The summed E-state index contributed by atoms with van der Waals surface area (Å²) in [4.78, 5) is 3.87. The SMILES string of the molecule is CC.COc1ccc(/C(N)=N/O)cn1. The number of ether oxygens (including phenoxy) is 1. The molecule has 1 heterocycles. The molecular formula is C9H15N3O2. The second-order valence-corrected chi connectivity index (χ2v) is 2.07. The number of pyridine rings is 1. The van der Waals surface area contributed by atoms with Crippen molar-refractivity contribution in [1.29, 1.82) is 0 Å². The molecule has 0 spiro atoms. The summed E-state index contributed by atoms with van der Waals surface area (Å²) in [6.45, 7) is 4.00. The van der Waals surface area contributed by atoms with Gasteiger partial charge in [0, 0.05) is 17.8 Å². The lowest BCUT2D eigenvalue weighted by molar-refractivity contribution is 0.318. The fourth-order valence-corrected chi connectivity index (χ4v) is 0.710. The van der Waals surface area contributed by atoms with Crippen molar-refractivity contribution >= 4 is 5.84 Å². The highest BCUT2D eigenvalue weighted by Crippen LogP contribution is 2.05. The molecule has 0 bridgehead atoms. The molecule has 0 amide bonds. The van der Waals surface area contributed by atoms with Crippen LogP contribution in [0.3, 0.4) is 0 Å². The maximum absolute atomic E-state index is 8.32. The molecule has 0 aliphatic carbocycles. The molecule has 0 saturated heterocycles. The molecule has 0 aromatic carbocycles. The first-order chi connectivity index (χ1) is 6.77. The Morgan fingerprint density at radius 2 is 2.14 bits per heavy atom. The van der Waals surface area contributed by atoms with Crippen LogP contribution in [0, 0.1) is 0 Å². The smallest absolute Gasteiger partial charge is 0.212 e. The van der Waals surface area contributed by atoms with Crippen molar-refractivity contribution in [3.63, 3.8) is 0 Å². The predicted octanol–water partition coefficient (Wildman–Crippen LogP) is 1.21. The van der Waals surface area contributed by atoms with E-state index in [0.29, 0.717) is 11.4 Å². The molecule has 0 unspecified atom stereocenters. The zero-order chi connectivity index (χ0) is 11.0. The summed E-state index contributed by atoms with van der Waals surface area (Å²) < 4.78 is 4.83. The van der Waals surface area contributed by atoms with E-state index in [1.165, 1.54) is 13.3 Å². The first-order valence-electron chi connectivity index (χ1n) is 4.26. The normalized spacial score (nSPS) is 10.1. The summed E-state index contributed by atoms with van der Waals surface area (Å²) in [5.41, 5.74) is 5.86. The highest BCUT2D eigenvalue weighted by molar-refractivity contribution is 5.96. The highest BCUT2D eigenvalue weighted by atomic mass is 16.5. The summed E-state index contributed by atoms with van der Waals surface area (Å²) in [6, 6.07) is 3.29. The van der Waals surface area contributed by atoms with Crippen LogP contribution in [0.5, 0.6) is 5.88 Å². The molecule has 5 nitrogen and oxygen atoms in total. The summed E-state index contributed by atoms with van der Waals surface area (Å²) in [7, 11) is 1.52. The van der Waals surface area contributed by atoms with Gasteiger partial charge < -0.3 is 15.7 Å². The van der Waals surface area contributed by atoms with Gasteiger partial charge in [-0.25, -0.2) is 4.98 Å². The second-order valence-electron chi connectivity index (χ2n) is 2.07. The predicted molar refractivity (Wildman–Crippen MR) is 54.6 cm³/mol. The van der Waals surface area contributed by atoms with Gasteiger partial charge in [-0.1, -0.05) is 19.0 Å². The van der Waals surface area contributed by atoms with Crippen molar-refractivity contribution < 1.29 is 9.94 Å². The van der Waals surface area contributed by atoms with Gasteiger partial charge in [-0.3, -0.25) is 0 Å². The topological polar surface area (TPSA) is 80.7 Å². The van der Waals surface area contributed by atoms with Crippen molar-refractivity contribution in [2.45, 2.75) is 13.8 Å². The Bertz CT molecular complexity index is 283. The zero-order valence-electron chi connectivity index (χ0n) is 8.56. The molecule has 78 valence electrons. The lowest BCUT2D eigenvalue weighted by atomic mass is 10.3. The third-order valence-corrected chi connectivity index (χ3v) is 1.35. The van der Waals surface area contributed by atoms with Gasteiger partial charge >= 0.3 is 0 Å². The van der Waals surface area contributed by atoms with Crippen LogP contribution in [0.25, 0.3) is 0 Å². The fraction of sp³-hybridized carbons (Fsp3) is 0.333. The Hall–Kier alpha value is -1.78. The van der Waals surface area contributed by atoms with Crippen LogP contribution in [0.2, 0.25) is 0 Å². The average Bonchev–Trinajstić information content (AvgIpc) is 2.31. The Morgan fingerprint density at radius 3 is 2.50 bits per heavy atom. The Labute approximate surface area is 83.2 Å². The van der Waals surface area contributed by atoms with Crippen LogP contribution in [0.15, 0.2) is 23.5 Å². The van der Waals surface area contributed by atoms with E-state index in [1.807, 2.05) is 13.8 Å². The van der Waals surface area contributed by atoms with Crippen LogP contribution in [0.4, 0.5) is 0 Å². The van der Waals surface area contributed by atoms with Crippen LogP contribution < -0.4 is 10.5 Å². The van der Waals surface area contributed by atoms with Crippen molar-refractivity contribution in [3.05, 3.63) is 23.9 Å². The van der Waals surface area contributed by atoms with Crippen molar-refractivity contribution in [1.82, 2.24) is 4.98 Å². The summed E-state index contributed by atoms with van der Waals surface area (Å²) in [6.07, 6.45) is 1.47. The molecule has 0 fully saturated rings. The molecule has 5 heteroatoms. The van der Waals surface area contributed by atoms with Crippen LogP contribution in [0.1, 0.15) is 19.4 Å². The molecule has 1 aromatic rings. The Balaban J connectivity index is 0.000000791. The second kappa shape index (κ2) is 6.71. The van der Waals surface area contributed by atoms with E-state index in [4.69, 9.17) is 15.7 Å². The largest absolute Gasteiger partial charge is 0.481 e. The minimum Gasteiger partial charge on any atom is -0.481 e. The van der Waals surface area contributed by atoms with Crippen LogP contribution in [-0.4, -0.2) is 23.1 Å². The number of methoxy groups -OCH3 is 1. The number of nitrogens with zero attached hydrogens (tertiary/aromatic N) is 2. The molecule has 0 saturated carbocycles. The minimum absolute atomic E-state index is 0.0325. The standard InChI is InChI=1S/C7H9N3O2.C2H6/c1-12-6-3-2-5(4-9-6)7(8)10-11;1-2/h2-4,11H,1H3,(H2,8,10);1-2H3. The summed E-state index contributed by atoms with van der Waals surface area (Å²) >= 11 is 0. The molecule has 0 radical (unpaired) electrons. The maximum atomic E-state index is 8.32.